The molecule has 0 bridgehead atoms. The molecule has 1 heterocycles. The van der Waals surface area contributed by atoms with Gasteiger partial charge in [-0.05, 0) is 40.2 Å². The molecule has 2 rings (SSSR count). The molecular weight excluding hydrogens is 298 g/mol. The fraction of sp³-hybridized carbons (Fsp3) is 0. The first-order valence-electron chi connectivity index (χ1n) is 3.63. The predicted molar refractivity (Wildman–Crippen MR) is 57.3 cm³/mol. The monoisotopic (exact) mass is 301 g/mol. The summed E-state index contributed by atoms with van der Waals surface area (Å²) in [7, 11) is 0. The van der Waals surface area contributed by atoms with E-state index in [0.717, 1.165) is 20.3 Å². The minimum atomic E-state index is 0.757. The van der Waals surface area contributed by atoms with Gasteiger partial charge in [-0.2, -0.15) is 0 Å². The average molecular weight is 303 g/mol. The smallest absolute Gasteiger partial charge is 0.180 e. The van der Waals surface area contributed by atoms with Crippen LogP contribution in [0.15, 0.2) is 43.9 Å². The van der Waals surface area contributed by atoms with E-state index in [1.54, 1.807) is 6.20 Å². The van der Waals surface area contributed by atoms with Crippen molar-refractivity contribution < 1.29 is 4.52 Å². The molecule has 0 fully saturated rings. The van der Waals surface area contributed by atoms with Gasteiger partial charge < -0.3 is 4.52 Å². The second-order valence-corrected chi connectivity index (χ2v) is 4.28. The minimum Gasteiger partial charge on any atom is -0.355 e. The standard InChI is InChI=1S/C9H5Br2NO/c10-7-3-1-6(2-4-7)9-8(11)5-12-13-9/h1-5H. The van der Waals surface area contributed by atoms with Crippen LogP contribution in [0, 0.1) is 0 Å². The van der Waals surface area contributed by atoms with Gasteiger partial charge in [-0.15, -0.1) is 0 Å². The summed E-state index contributed by atoms with van der Waals surface area (Å²) in [6.45, 7) is 0. The molecule has 0 aliphatic carbocycles. The van der Waals surface area contributed by atoms with Gasteiger partial charge in [0.1, 0.15) is 0 Å². The number of rotatable bonds is 1. The minimum absolute atomic E-state index is 0.757. The SMILES string of the molecule is Brc1ccc(-c2oncc2Br)cc1. The molecule has 0 aliphatic rings. The first kappa shape index (κ1) is 8.97. The van der Waals surface area contributed by atoms with Crippen LogP contribution < -0.4 is 0 Å². The van der Waals surface area contributed by atoms with Crippen LogP contribution in [-0.4, -0.2) is 5.16 Å². The Balaban J connectivity index is 2.47. The lowest BCUT2D eigenvalue weighted by atomic mass is 10.2. The van der Waals surface area contributed by atoms with Gasteiger partial charge in [0.15, 0.2) is 5.76 Å². The maximum absolute atomic E-state index is 5.08. The zero-order valence-electron chi connectivity index (χ0n) is 6.50. The molecule has 0 atom stereocenters. The van der Waals surface area contributed by atoms with Crippen molar-refractivity contribution in [2.75, 3.05) is 0 Å². The predicted octanol–water partition coefficient (Wildman–Crippen LogP) is 3.87. The van der Waals surface area contributed by atoms with Gasteiger partial charge in [-0.25, -0.2) is 0 Å². The Morgan fingerprint density at radius 1 is 1.08 bits per heavy atom. The van der Waals surface area contributed by atoms with Crippen LogP contribution in [0.5, 0.6) is 0 Å². The van der Waals surface area contributed by atoms with E-state index in [1.165, 1.54) is 0 Å². The molecule has 0 radical (unpaired) electrons. The number of benzene rings is 1. The average Bonchev–Trinajstić information content (AvgIpc) is 2.53. The quantitative estimate of drug-likeness (QED) is 0.799. The molecule has 1 aromatic carbocycles. The van der Waals surface area contributed by atoms with Crippen LogP contribution in [0.1, 0.15) is 0 Å². The third-order valence-corrected chi connectivity index (χ3v) is 2.73. The zero-order chi connectivity index (χ0) is 9.26. The van der Waals surface area contributed by atoms with Crippen LogP contribution in [0.25, 0.3) is 11.3 Å². The summed E-state index contributed by atoms with van der Waals surface area (Å²) in [5.74, 6) is 0.757. The second kappa shape index (κ2) is 3.64. The maximum atomic E-state index is 5.08. The topological polar surface area (TPSA) is 26.0 Å². The Labute approximate surface area is 92.2 Å². The third-order valence-electron chi connectivity index (χ3n) is 1.63. The second-order valence-electron chi connectivity index (χ2n) is 2.51. The van der Waals surface area contributed by atoms with E-state index in [2.05, 4.69) is 37.0 Å². The van der Waals surface area contributed by atoms with Crippen molar-refractivity contribution in [3.8, 4) is 11.3 Å². The van der Waals surface area contributed by atoms with Crippen LogP contribution in [0.2, 0.25) is 0 Å². The molecule has 2 nitrogen and oxygen atoms in total. The fourth-order valence-electron chi connectivity index (χ4n) is 1.02. The van der Waals surface area contributed by atoms with Crippen LogP contribution in [0.4, 0.5) is 0 Å². The van der Waals surface area contributed by atoms with Crippen LogP contribution in [-0.2, 0) is 0 Å². The highest BCUT2D eigenvalue weighted by Crippen LogP contribution is 2.28. The Morgan fingerprint density at radius 2 is 1.77 bits per heavy atom. The van der Waals surface area contributed by atoms with Gasteiger partial charge in [-0.1, -0.05) is 21.1 Å². The zero-order valence-corrected chi connectivity index (χ0v) is 9.67. The van der Waals surface area contributed by atoms with E-state index in [0.29, 0.717) is 0 Å². The highest BCUT2D eigenvalue weighted by atomic mass is 79.9. The van der Waals surface area contributed by atoms with E-state index in [9.17, 15) is 0 Å². The van der Waals surface area contributed by atoms with E-state index in [-0.39, 0.29) is 0 Å². The lowest BCUT2D eigenvalue weighted by Gasteiger charge is -1.95. The molecule has 1 aromatic heterocycles. The van der Waals surface area contributed by atoms with E-state index in [1.807, 2.05) is 24.3 Å². The highest BCUT2D eigenvalue weighted by molar-refractivity contribution is 9.10. The maximum Gasteiger partial charge on any atom is 0.180 e. The molecule has 66 valence electrons. The van der Waals surface area contributed by atoms with Crippen LogP contribution >= 0.6 is 31.9 Å². The summed E-state index contributed by atoms with van der Waals surface area (Å²) >= 11 is 6.72. The Bertz CT molecular complexity index is 408. The molecular formula is C9H5Br2NO. The van der Waals surface area contributed by atoms with E-state index < -0.39 is 0 Å². The van der Waals surface area contributed by atoms with Crippen molar-refractivity contribution in [2.45, 2.75) is 0 Å². The Morgan fingerprint density at radius 3 is 2.31 bits per heavy atom. The van der Waals surface area contributed by atoms with Gasteiger partial charge in [0.05, 0.1) is 10.7 Å². The molecule has 0 saturated carbocycles. The van der Waals surface area contributed by atoms with Crippen molar-refractivity contribution in [2.24, 2.45) is 0 Å². The first-order valence-corrected chi connectivity index (χ1v) is 5.22. The molecule has 0 amide bonds. The van der Waals surface area contributed by atoms with Gasteiger partial charge in [0.25, 0.3) is 0 Å². The van der Waals surface area contributed by atoms with Gasteiger partial charge in [0.2, 0.25) is 0 Å². The van der Waals surface area contributed by atoms with Crippen molar-refractivity contribution in [1.29, 1.82) is 0 Å². The summed E-state index contributed by atoms with van der Waals surface area (Å²) in [6, 6.07) is 7.86. The van der Waals surface area contributed by atoms with Crippen molar-refractivity contribution in [1.82, 2.24) is 5.16 Å². The number of hydrogen-bond donors (Lipinski definition) is 0. The summed E-state index contributed by atoms with van der Waals surface area (Å²) in [5.41, 5.74) is 1.01. The van der Waals surface area contributed by atoms with Crippen molar-refractivity contribution >= 4 is 31.9 Å². The lowest BCUT2D eigenvalue weighted by molar-refractivity contribution is 0.432. The fourth-order valence-corrected chi connectivity index (χ4v) is 1.67. The Kier molecular flexibility index (Phi) is 2.51. The third kappa shape index (κ3) is 1.84. The molecule has 0 aliphatic heterocycles. The van der Waals surface area contributed by atoms with Gasteiger partial charge >= 0.3 is 0 Å². The summed E-state index contributed by atoms with van der Waals surface area (Å²) in [5, 5.41) is 3.69. The Hall–Kier alpha value is -0.610. The molecule has 0 saturated heterocycles. The van der Waals surface area contributed by atoms with E-state index in [4.69, 9.17) is 4.52 Å². The van der Waals surface area contributed by atoms with Crippen molar-refractivity contribution in [3.63, 3.8) is 0 Å². The van der Waals surface area contributed by atoms with Gasteiger partial charge in [0, 0.05) is 10.0 Å². The number of hydrogen-bond acceptors (Lipinski definition) is 2. The number of nitrogens with zero attached hydrogens (tertiary/aromatic N) is 1. The number of halogens is 2. The van der Waals surface area contributed by atoms with Crippen molar-refractivity contribution in [3.05, 3.63) is 39.4 Å². The highest BCUT2D eigenvalue weighted by Gasteiger charge is 2.06. The molecule has 2 aromatic rings. The molecule has 0 unspecified atom stereocenters. The summed E-state index contributed by atoms with van der Waals surface area (Å²) in [6.07, 6.45) is 1.64. The van der Waals surface area contributed by atoms with E-state index >= 15 is 0 Å². The van der Waals surface area contributed by atoms with Crippen LogP contribution in [0.3, 0.4) is 0 Å². The molecule has 4 heteroatoms. The molecule has 0 N–H and O–H groups in total. The lowest BCUT2D eigenvalue weighted by Crippen LogP contribution is -1.73. The number of aromatic nitrogens is 1. The molecule has 0 spiro atoms. The normalized spacial score (nSPS) is 10.3. The molecule has 13 heavy (non-hydrogen) atoms. The van der Waals surface area contributed by atoms with Gasteiger partial charge in [-0.3, -0.25) is 0 Å². The first-order chi connectivity index (χ1) is 6.27. The summed E-state index contributed by atoms with van der Waals surface area (Å²) in [4.78, 5) is 0. The summed E-state index contributed by atoms with van der Waals surface area (Å²) < 4.78 is 7.00. The largest absolute Gasteiger partial charge is 0.355 e.